The Morgan fingerprint density at radius 2 is 1.85 bits per heavy atom. The molecule has 1 saturated heterocycles. The molecule has 5 N–H and O–H groups in total. The molecular weight excluding hydrogens is 420 g/mol. The zero-order valence-electron chi connectivity index (χ0n) is 20.6. The molecule has 0 bridgehead atoms. The van der Waals surface area contributed by atoms with Crippen LogP contribution < -0.4 is 10.6 Å². The van der Waals surface area contributed by atoms with Crippen molar-refractivity contribution in [2.75, 3.05) is 19.7 Å². The van der Waals surface area contributed by atoms with Crippen molar-refractivity contribution in [3.8, 4) is 0 Å². The van der Waals surface area contributed by atoms with Gasteiger partial charge in [0.25, 0.3) is 0 Å². The van der Waals surface area contributed by atoms with E-state index in [1.807, 2.05) is 0 Å². The van der Waals surface area contributed by atoms with Gasteiger partial charge in [-0.1, -0.05) is 20.8 Å². The SMILES string of the molecule is C[C@H](CCC(=O)N[C@@H](CO)C(=O)O)[C@H]1CC[C@H]2[C@@H]3[C@@H](O)C[C@@H]4CNCC[C@]4(C)[C@H]3CC[C@]12C. The highest BCUT2D eigenvalue weighted by Gasteiger charge is 2.62. The van der Waals surface area contributed by atoms with Crippen LogP contribution in [0.3, 0.4) is 0 Å². The first kappa shape index (κ1) is 24.9. The number of hydrogen-bond donors (Lipinski definition) is 5. The molecule has 0 spiro atoms. The second kappa shape index (κ2) is 9.46. The summed E-state index contributed by atoms with van der Waals surface area (Å²) in [5.41, 5.74) is 0.536. The van der Waals surface area contributed by atoms with E-state index in [2.05, 4.69) is 31.4 Å². The first-order valence-electron chi connectivity index (χ1n) is 13.1. The zero-order chi connectivity index (χ0) is 24.0. The quantitative estimate of drug-likeness (QED) is 0.395. The van der Waals surface area contributed by atoms with Crippen molar-refractivity contribution in [3.05, 3.63) is 0 Å². The summed E-state index contributed by atoms with van der Waals surface area (Å²) >= 11 is 0. The Kier molecular flexibility index (Phi) is 7.15. The van der Waals surface area contributed by atoms with Crippen LogP contribution in [0.2, 0.25) is 0 Å². The van der Waals surface area contributed by atoms with Gasteiger partial charge < -0.3 is 26.0 Å². The van der Waals surface area contributed by atoms with Gasteiger partial charge in [0.15, 0.2) is 0 Å². The second-order valence-corrected chi connectivity index (χ2v) is 12.1. The predicted molar refractivity (Wildman–Crippen MR) is 125 cm³/mol. The average molecular weight is 465 g/mol. The Hall–Kier alpha value is -1.18. The second-order valence-electron chi connectivity index (χ2n) is 12.1. The predicted octanol–water partition coefficient (Wildman–Crippen LogP) is 2.40. The minimum Gasteiger partial charge on any atom is -0.480 e. The highest BCUT2D eigenvalue weighted by atomic mass is 16.4. The number of aliphatic carboxylic acids is 1. The Labute approximate surface area is 198 Å². The Morgan fingerprint density at radius 3 is 2.55 bits per heavy atom. The third kappa shape index (κ3) is 4.34. The Bertz CT molecular complexity index is 746. The van der Waals surface area contributed by atoms with Crippen LogP contribution in [0.1, 0.15) is 72.1 Å². The number of carboxylic acid groups (broad SMARTS) is 1. The number of nitrogens with one attached hydrogen (secondary N) is 2. The van der Waals surface area contributed by atoms with Crippen molar-refractivity contribution in [3.63, 3.8) is 0 Å². The highest BCUT2D eigenvalue weighted by Crippen LogP contribution is 2.67. The molecule has 4 rings (SSSR count). The van der Waals surface area contributed by atoms with E-state index in [0.29, 0.717) is 40.9 Å². The van der Waals surface area contributed by atoms with Gasteiger partial charge >= 0.3 is 5.97 Å². The van der Waals surface area contributed by atoms with Gasteiger partial charge in [0, 0.05) is 6.42 Å². The van der Waals surface area contributed by atoms with Crippen LogP contribution in [-0.2, 0) is 9.59 Å². The molecule has 3 aliphatic carbocycles. The summed E-state index contributed by atoms with van der Waals surface area (Å²) in [5, 5.41) is 35.5. The van der Waals surface area contributed by atoms with Crippen molar-refractivity contribution >= 4 is 11.9 Å². The topological polar surface area (TPSA) is 119 Å². The van der Waals surface area contributed by atoms with Crippen LogP contribution in [0.15, 0.2) is 0 Å². The van der Waals surface area contributed by atoms with E-state index in [0.717, 1.165) is 32.4 Å². The molecule has 4 aliphatic rings. The number of rotatable bonds is 7. The summed E-state index contributed by atoms with van der Waals surface area (Å²) in [6, 6.07) is -1.23. The fourth-order valence-electron chi connectivity index (χ4n) is 8.85. The van der Waals surface area contributed by atoms with Crippen molar-refractivity contribution in [1.82, 2.24) is 10.6 Å². The van der Waals surface area contributed by atoms with Gasteiger partial charge in [0.05, 0.1) is 12.7 Å². The monoisotopic (exact) mass is 464 g/mol. The largest absolute Gasteiger partial charge is 0.480 e. The fraction of sp³-hybridized carbons (Fsp3) is 0.923. The van der Waals surface area contributed by atoms with Crippen LogP contribution in [0.4, 0.5) is 0 Å². The van der Waals surface area contributed by atoms with Crippen LogP contribution >= 0.6 is 0 Å². The first-order valence-corrected chi connectivity index (χ1v) is 13.1. The normalized spacial score (nSPS) is 44.2. The van der Waals surface area contributed by atoms with Gasteiger partial charge in [-0.05, 0) is 104 Å². The van der Waals surface area contributed by atoms with E-state index in [-0.39, 0.29) is 23.8 Å². The number of carboxylic acids is 1. The molecule has 0 aromatic heterocycles. The summed E-state index contributed by atoms with van der Waals surface area (Å²) < 4.78 is 0. The standard InChI is InChI=1S/C26H44N2O5/c1-15(4-7-22(31)28-20(14-29)24(32)33)17-5-6-18-23-19(8-9-26(17,18)3)25(2)10-11-27-13-16(25)12-21(23)30/h15-21,23,27,29-30H,4-14H2,1-3H3,(H,28,31)(H,32,33)/t15-,16-,17-,18+,19+,20+,21+,23+,25+,26-/m1/s1. The minimum atomic E-state index is -1.23. The molecule has 0 aromatic rings. The van der Waals surface area contributed by atoms with Gasteiger partial charge in [-0.25, -0.2) is 4.79 Å². The van der Waals surface area contributed by atoms with E-state index in [4.69, 9.17) is 10.2 Å². The van der Waals surface area contributed by atoms with E-state index in [9.17, 15) is 14.7 Å². The number of hydrogen-bond acceptors (Lipinski definition) is 5. The molecule has 0 aromatic carbocycles. The molecule has 188 valence electrons. The molecule has 4 fully saturated rings. The molecule has 1 amide bonds. The minimum absolute atomic E-state index is 0.197. The molecule has 0 radical (unpaired) electrons. The van der Waals surface area contributed by atoms with Crippen molar-refractivity contribution < 1.29 is 24.9 Å². The summed E-state index contributed by atoms with van der Waals surface area (Å²) in [7, 11) is 0. The van der Waals surface area contributed by atoms with Gasteiger partial charge in [-0.2, -0.15) is 0 Å². The number of amides is 1. The Morgan fingerprint density at radius 1 is 1.12 bits per heavy atom. The highest BCUT2D eigenvalue weighted by molar-refractivity contribution is 5.83. The molecule has 1 aliphatic heterocycles. The lowest BCUT2D eigenvalue weighted by molar-refractivity contribution is -0.161. The smallest absolute Gasteiger partial charge is 0.328 e. The lowest BCUT2D eigenvalue weighted by Crippen LogP contribution is -2.60. The Balaban J connectivity index is 1.42. The van der Waals surface area contributed by atoms with E-state index >= 15 is 0 Å². The van der Waals surface area contributed by atoms with Crippen LogP contribution in [0, 0.1) is 46.3 Å². The maximum Gasteiger partial charge on any atom is 0.328 e. The average Bonchev–Trinajstić information content (AvgIpc) is 3.13. The number of carbonyl (C=O) groups excluding carboxylic acids is 1. The van der Waals surface area contributed by atoms with Gasteiger partial charge in [-0.15, -0.1) is 0 Å². The molecular formula is C26H44N2O5. The van der Waals surface area contributed by atoms with Crippen LogP contribution in [0.25, 0.3) is 0 Å². The maximum absolute atomic E-state index is 12.3. The lowest BCUT2D eigenvalue weighted by atomic mass is 9.45. The van der Waals surface area contributed by atoms with Gasteiger partial charge in [-0.3, -0.25) is 4.79 Å². The molecule has 7 heteroatoms. The summed E-state index contributed by atoms with van der Waals surface area (Å²) in [5.74, 6) is 1.50. The molecule has 33 heavy (non-hydrogen) atoms. The third-order valence-corrected chi connectivity index (χ3v) is 10.7. The number of fused-ring (bicyclic) bond motifs is 5. The number of carbonyl (C=O) groups is 2. The van der Waals surface area contributed by atoms with Gasteiger partial charge in [0.2, 0.25) is 5.91 Å². The first-order chi connectivity index (χ1) is 15.6. The van der Waals surface area contributed by atoms with Crippen molar-refractivity contribution in [2.24, 2.45) is 46.3 Å². The summed E-state index contributed by atoms with van der Waals surface area (Å²) in [6.45, 7) is 8.71. The zero-order valence-corrected chi connectivity index (χ0v) is 20.6. The molecule has 0 unspecified atom stereocenters. The van der Waals surface area contributed by atoms with Crippen LogP contribution in [0.5, 0.6) is 0 Å². The van der Waals surface area contributed by atoms with Crippen molar-refractivity contribution in [2.45, 2.75) is 84.3 Å². The molecule has 3 saturated carbocycles. The van der Waals surface area contributed by atoms with Crippen LogP contribution in [-0.4, -0.2) is 59.0 Å². The van der Waals surface area contributed by atoms with E-state index in [1.165, 1.54) is 25.7 Å². The van der Waals surface area contributed by atoms with E-state index in [1.54, 1.807) is 0 Å². The number of piperidine rings is 1. The molecule has 10 atom stereocenters. The maximum atomic E-state index is 12.3. The third-order valence-electron chi connectivity index (χ3n) is 10.7. The van der Waals surface area contributed by atoms with Gasteiger partial charge in [0.1, 0.15) is 6.04 Å². The number of aliphatic hydroxyl groups is 2. The lowest BCUT2D eigenvalue weighted by Gasteiger charge is -2.62. The van der Waals surface area contributed by atoms with E-state index < -0.39 is 18.6 Å². The molecule has 7 nitrogen and oxygen atoms in total. The van der Waals surface area contributed by atoms with Crippen molar-refractivity contribution in [1.29, 1.82) is 0 Å². The summed E-state index contributed by atoms with van der Waals surface area (Å²) in [6.07, 6.45) is 7.65. The summed E-state index contributed by atoms with van der Waals surface area (Å²) in [4.78, 5) is 23.3. The fourth-order valence-corrected chi connectivity index (χ4v) is 8.85. The molecule has 1 heterocycles. The number of aliphatic hydroxyl groups excluding tert-OH is 2.